The molecular weight excluding hydrogens is 364 g/mol. The van der Waals surface area contributed by atoms with Gasteiger partial charge in [-0.05, 0) is 39.0 Å². The van der Waals surface area contributed by atoms with Gasteiger partial charge >= 0.3 is 6.03 Å². The summed E-state index contributed by atoms with van der Waals surface area (Å²) in [5, 5.41) is 9.54. The van der Waals surface area contributed by atoms with E-state index in [9.17, 15) is 9.59 Å². The van der Waals surface area contributed by atoms with E-state index in [0.29, 0.717) is 6.54 Å². The molecule has 0 bridgehead atoms. The van der Waals surface area contributed by atoms with Crippen LogP contribution >= 0.6 is 11.3 Å². The van der Waals surface area contributed by atoms with Gasteiger partial charge in [0.15, 0.2) is 5.96 Å². The molecule has 0 radical (unpaired) electrons. The monoisotopic (exact) mass is 392 g/mol. The molecule has 2 saturated heterocycles. The molecule has 148 valence electrons. The molecule has 3 heterocycles. The van der Waals surface area contributed by atoms with E-state index in [1.54, 1.807) is 11.3 Å². The van der Waals surface area contributed by atoms with Crippen molar-refractivity contribution in [1.82, 2.24) is 25.8 Å². The molecule has 3 amide bonds. The summed E-state index contributed by atoms with van der Waals surface area (Å²) in [6.07, 6.45) is 4.57. The number of imide groups is 1. The van der Waals surface area contributed by atoms with Gasteiger partial charge in [0.1, 0.15) is 10.5 Å². The van der Waals surface area contributed by atoms with Gasteiger partial charge in [-0.15, -0.1) is 11.3 Å². The van der Waals surface area contributed by atoms with Crippen LogP contribution in [0.1, 0.15) is 43.5 Å². The van der Waals surface area contributed by atoms with Crippen molar-refractivity contribution in [2.45, 2.75) is 52.1 Å². The number of thiazole rings is 1. The Morgan fingerprint density at radius 1 is 1.41 bits per heavy atom. The lowest BCUT2D eigenvalue weighted by Gasteiger charge is -2.39. The first-order chi connectivity index (χ1) is 13.0. The van der Waals surface area contributed by atoms with Crippen LogP contribution in [0.2, 0.25) is 0 Å². The number of urea groups is 1. The summed E-state index contributed by atoms with van der Waals surface area (Å²) >= 11 is 1.71. The first kappa shape index (κ1) is 19.6. The summed E-state index contributed by atoms with van der Waals surface area (Å²) < 4.78 is 0. The largest absolute Gasteiger partial charge is 0.357 e. The molecule has 27 heavy (non-hydrogen) atoms. The minimum absolute atomic E-state index is 0.120. The maximum Gasteiger partial charge on any atom is 0.322 e. The Balaban J connectivity index is 1.62. The average molecular weight is 393 g/mol. The molecule has 0 spiro atoms. The van der Waals surface area contributed by atoms with E-state index >= 15 is 0 Å². The molecule has 2 fully saturated rings. The second kappa shape index (κ2) is 8.24. The lowest BCUT2D eigenvalue weighted by molar-refractivity contribution is -0.125. The highest BCUT2D eigenvalue weighted by Gasteiger charge is 2.48. The van der Waals surface area contributed by atoms with Crippen molar-refractivity contribution in [3.05, 3.63) is 16.1 Å². The highest BCUT2D eigenvalue weighted by molar-refractivity contribution is 7.11. The number of nitrogens with zero attached hydrogens (tertiary/aromatic N) is 3. The Bertz CT molecular complexity index is 725. The predicted octanol–water partition coefficient (Wildman–Crippen LogP) is 1.48. The lowest BCUT2D eigenvalue weighted by Crippen LogP contribution is -2.55. The summed E-state index contributed by atoms with van der Waals surface area (Å²) in [6, 6.07) is -0.394. The molecule has 2 aliphatic rings. The lowest BCUT2D eigenvalue weighted by atomic mass is 9.79. The Hall–Kier alpha value is -2.16. The third-order valence-electron chi connectivity index (χ3n) is 5.33. The fraction of sp³-hybridized carbons (Fsp3) is 0.667. The van der Waals surface area contributed by atoms with Crippen molar-refractivity contribution in [3.63, 3.8) is 0 Å². The Morgan fingerprint density at radius 3 is 2.70 bits per heavy atom. The molecule has 0 aliphatic carbocycles. The Kier molecular flexibility index (Phi) is 5.98. The van der Waals surface area contributed by atoms with Crippen LogP contribution in [0, 0.1) is 5.92 Å². The molecule has 0 aromatic carbocycles. The zero-order chi connectivity index (χ0) is 19.4. The van der Waals surface area contributed by atoms with Gasteiger partial charge in [-0.25, -0.2) is 14.8 Å². The number of rotatable bonds is 5. The van der Waals surface area contributed by atoms with Gasteiger partial charge in [0.2, 0.25) is 0 Å². The van der Waals surface area contributed by atoms with Crippen LogP contribution in [0.4, 0.5) is 4.79 Å². The summed E-state index contributed by atoms with van der Waals surface area (Å²) in [5.74, 6) is 0.783. The molecule has 1 atom stereocenters. The molecule has 1 aromatic heterocycles. The number of nitrogens with one attached hydrogen (secondary N) is 3. The van der Waals surface area contributed by atoms with Crippen LogP contribution in [0.5, 0.6) is 0 Å². The van der Waals surface area contributed by atoms with E-state index < -0.39 is 11.6 Å². The maximum absolute atomic E-state index is 12.2. The van der Waals surface area contributed by atoms with Gasteiger partial charge in [0, 0.05) is 30.7 Å². The van der Waals surface area contributed by atoms with Gasteiger partial charge < -0.3 is 15.5 Å². The number of carbonyl (C=O) groups is 2. The van der Waals surface area contributed by atoms with Crippen molar-refractivity contribution >= 4 is 29.2 Å². The van der Waals surface area contributed by atoms with Gasteiger partial charge in [0.25, 0.3) is 5.91 Å². The third kappa shape index (κ3) is 4.23. The van der Waals surface area contributed by atoms with Crippen LogP contribution in [-0.2, 0) is 17.8 Å². The number of piperidine rings is 1. The second-order valence-corrected chi connectivity index (χ2v) is 8.32. The number of aliphatic imine (C=N–C) groups is 1. The Labute approximate surface area is 163 Å². The highest BCUT2D eigenvalue weighted by atomic mass is 32.1. The molecule has 0 saturated carbocycles. The minimum atomic E-state index is -0.809. The van der Waals surface area contributed by atoms with Crippen LogP contribution in [0.25, 0.3) is 0 Å². The maximum atomic E-state index is 12.2. The van der Waals surface area contributed by atoms with Crippen molar-refractivity contribution < 1.29 is 9.59 Å². The SMILES string of the molecule is CCNC(=NCc1ncc(CC)s1)N1CCC(C2(C)NC(=O)NC2=O)CC1. The molecule has 2 aliphatic heterocycles. The van der Waals surface area contributed by atoms with E-state index in [0.717, 1.165) is 49.9 Å². The normalized spacial score (nSPS) is 24.1. The van der Waals surface area contributed by atoms with Crippen LogP contribution in [0.15, 0.2) is 11.2 Å². The first-order valence-electron chi connectivity index (χ1n) is 9.56. The summed E-state index contributed by atoms with van der Waals surface area (Å²) in [7, 11) is 0. The van der Waals surface area contributed by atoms with Crippen LogP contribution in [0.3, 0.4) is 0 Å². The van der Waals surface area contributed by atoms with Gasteiger partial charge in [-0.2, -0.15) is 0 Å². The van der Waals surface area contributed by atoms with Crippen molar-refractivity contribution in [2.75, 3.05) is 19.6 Å². The summed E-state index contributed by atoms with van der Waals surface area (Å²) in [6.45, 7) is 8.97. The average Bonchev–Trinajstić information content (AvgIpc) is 3.23. The molecule has 1 aromatic rings. The molecule has 9 heteroatoms. The number of hydrogen-bond acceptors (Lipinski definition) is 5. The van der Waals surface area contributed by atoms with Crippen LogP contribution < -0.4 is 16.0 Å². The van der Waals surface area contributed by atoms with Crippen molar-refractivity contribution in [1.29, 1.82) is 0 Å². The zero-order valence-corrected chi connectivity index (χ0v) is 17.0. The van der Waals surface area contributed by atoms with E-state index in [-0.39, 0.29) is 11.8 Å². The summed E-state index contributed by atoms with van der Waals surface area (Å²) in [5.41, 5.74) is -0.809. The molecule has 3 N–H and O–H groups in total. The van der Waals surface area contributed by atoms with E-state index in [4.69, 9.17) is 4.99 Å². The minimum Gasteiger partial charge on any atom is -0.357 e. The molecular formula is C18H28N6O2S. The summed E-state index contributed by atoms with van der Waals surface area (Å²) in [4.78, 5) is 36.4. The van der Waals surface area contributed by atoms with Crippen molar-refractivity contribution in [2.24, 2.45) is 10.9 Å². The predicted molar refractivity (Wildman–Crippen MR) is 106 cm³/mol. The number of likely N-dealkylation sites (tertiary alicyclic amines) is 1. The topological polar surface area (TPSA) is 98.7 Å². The van der Waals surface area contributed by atoms with Crippen molar-refractivity contribution in [3.8, 4) is 0 Å². The fourth-order valence-electron chi connectivity index (χ4n) is 3.67. The second-order valence-electron chi connectivity index (χ2n) is 7.12. The molecule has 1 unspecified atom stereocenters. The van der Waals surface area contributed by atoms with E-state index in [2.05, 4.69) is 39.7 Å². The van der Waals surface area contributed by atoms with E-state index in [1.165, 1.54) is 4.88 Å². The number of amides is 3. The van der Waals surface area contributed by atoms with Gasteiger partial charge in [-0.1, -0.05) is 6.92 Å². The Morgan fingerprint density at radius 2 is 2.15 bits per heavy atom. The first-order valence-corrected chi connectivity index (χ1v) is 10.4. The molecule has 8 nitrogen and oxygen atoms in total. The zero-order valence-electron chi connectivity index (χ0n) is 16.2. The number of guanidine groups is 1. The van der Waals surface area contributed by atoms with E-state index in [1.807, 2.05) is 13.1 Å². The highest BCUT2D eigenvalue weighted by Crippen LogP contribution is 2.30. The van der Waals surface area contributed by atoms with Crippen LogP contribution in [-0.4, -0.2) is 53.0 Å². The number of hydrogen-bond donors (Lipinski definition) is 3. The number of carbonyl (C=O) groups excluding carboxylic acids is 2. The standard InChI is InChI=1S/C18H28N6O2S/c1-4-13-10-20-14(27-13)11-21-16(19-5-2)24-8-6-12(7-9-24)18(3)15(25)22-17(26)23-18/h10,12H,4-9,11H2,1-3H3,(H,19,21)(H2,22,23,25,26). The number of aromatic nitrogens is 1. The third-order valence-corrected chi connectivity index (χ3v) is 6.46. The number of aryl methyl sites for hydroxylation is 1. The van der Waals surface area contributed by atoms with Gasteiger partial charge in [-0.3, -0.25) is 10.1 Å². The van der Waals surface area contributed by atoms with Gasteiger partial charge in [0.05, 0.1) is 6.54 Å². The smallest absolute Gasteiger partial charge is 0.322 e. The molecule has 3 rings (SSSR count). The quantitative estimate of drug-likeness (QED) is 0.401. The fourth-order valence-corrected chi connectivity index (χ4v) is 4.45.